The van der Waals surface area contributed by atoms with Crippen LogP contribution in [0.5, 0.6) is 0 Å². The average molecular weight is 361 g/mol. The number of hydrogen-bond donors (Lipinski definition) is 2. The number of amides is 1. The fraction of sp³-hybridized carbons (Fsp3) is 0.500. The van der Waals surface area contributed by atoms with E-state index in [1.165, 1.54) is 0 Å². The molecule has 0 aliphatic carbocycles. The molecule has 0 aromatic heterocycles. The van der Waals surface area contributed by atoms with Crippen molar-refractivity contribution in [3.63, 3.8) is 0 Å². The highest BCUT2D eigenvalue weighted by molar-refractivity contribution is 9.10. The molecule has 1 aromatic rings. The number of anilines is 1. The maximum absolute atomic E-state index is 12.4. The Hall–Kier alpha value is -0.880. The minimum Gasteiger partial charge on any atom is -0.398 e. The van der Waals surface area contributed by atoms with E-state index in [4.69, 9.17) is 5.73 Å². The van der Waals surface area contributed by atoms with Gasteiger partial charge in [0.05, 0.1) is 15.7 Å². The van der Waals surface area contributed by atoms with Crippen LogP contribution in [0, 0.1) is 5.92 Å². The molecule has 2 unspecified atom stereocenters. The van der Waals surface area contributed by atoms with E-state index in [1.807, 2.05) is 0 Å². The molecule has 0 heterocycles. The van der Waals surface area contributed by atoms with Gasteiger partial charge in [0.2, 0.25) is 5.91 Å². The zero-order valence-electron chi connectivity index (χ0n) is 12.0. The van der Waals surface area contributed by atoms with Crippen LogP contribution in [-0.2, 0) is 15.6 Å². The number of carbonyl (C=O) groups is 1. The van der Waals surface area contributed by atoms with Crippen LogP contribution in [0.3, 0.4) is 0 Å². The molecule has 0 aliphatic heterocycles. The molecule has 0 bridgehead atoms. The molecular weight excluding hydrogens is 340 g/mol. The van der Waals surface area contributed by atoms with Crippen molar-refractivity contribution in [1.29, 1.82) is 0 Å². The molecule has 6 heteroatoms. The summed E-state index contributed by atoms with van der Waals surface area (Å²) in [5, 5.41) is 2.19. The largest absolute Gasteiger partial charge is 0.398 e. The third-order valence-electron chi connectivity index (χ3n) is 2.90. The lowest BCUT2D eigenvalue weighted by Crippen LogP contribution is -2.36. The molecule has 0 saturated carbocycles. The van der Waals surface area contributed by atoms with Gasteiger partial charge in [-0.05, 0) is 37.5 Å². The van der Waals surface area contributed by atoms with Gasteiger partial charge in [-0.1, -0.05) is 29.8 Å². The van der Waals surface area contributed by atoms with E-state index in [-0.39, 0.29) is 5.91 Å². The zero-order valence-corrected chi connectivity index (χ0v) is 14.4. The highest BCUT2D eigenvalue weighted by atomic mass is 79.9. The highest BCUT2D eigenvalue weighted by Crippen LogP contribution is 2.23. The van der Waals surface area contributed by atoms with Crippen molar-refractivity contribution in [2.45, 2.75) is 37.3 Å². The Morgan fingerprint density at radius 3 is 2.60 bits per heavy atom. The first-order valence-electron chi connectivity index (χ1n) is 6.56. The number of carbonyl (C=O) groups excluding carboxylic acids is 1. The fourth-order valence-corrected chi connectivity index (χ4v) is 3.15. The quantitative estimate of drug-likeness (QED) is 0.766. The summed E-state index contributed by atoms with van der Waals surface area (Å²) in [7, 11) is -1.45. The summed E-state index contributed by atoms with van der Waals surface area (Å²) < 4.78 is 13.2. The van der Waals surface area contributed by atoms with Crippen LogP contribution in [0.4, 0.5) is 5.69 Å². The highest BCUT2D eigenvalue weighted by Gasteiger charge is 2.22. The number of benzene rings is 1. The number of nitrogens with two attached hydrogens (primary N) is 1. The first kappa shape index (κ1) is 17.2. The molecular formula is C14H21BrN2O2S. The molecule has 0 radical (unpaired) electrons. The van der Waals surface area contributed by atoms with Crippen LogP contribution >= 0.6 is 15.9 Å². The molecule has 0 aliphatic rings. The third kappa shape index (κ3) is 4.90. The molecule has 0 fully saturated rings. The molecule has 0 spiro atoms. The standard InChI is InChI=1S/C14H21BrN2O2S/c1-9(2)6-7-17-14(18)10(3)20(19)13-5-4-11(15)8-12(13)16/h4-5,8-10H,6-7,16H2,1-3H3,(H,17,18). The predicted molar refractivity (Wildman–Crippen MR) is 86.9 cm³/mol. The van der Waals surface area contributed by atoms with Crippen LogP contribution < -0.4 is 11.1 Å². The monoisotopic (exact) mass is 360 g/mol. The molecule has 1 amide bonds. The summed E-state index contributed by atoms with van der Waals surface area (Å²) in [6.45, 7) is 6.45. The van der Waals surface area contributed by atoms with Crippen LogP contribution in [0.1, 0.15) is 27.2 Å². The van der Waals surface area contributed by atoms with Crippen molar-refractivity contribution < 1.29 is 9.00 Å². The summed E-state index contributed by atoms with van der Waals surface area (Å²) >= 11 is 3.30. The van der Waals surface area contributed by atoms with Crippen LogP contribution in [0.2, 0.25) is 0 Å². The van der Waals surface area contributed by atoms with E-state index in [9.17, 15) is 9.00 Å². The van der Waals surface area contributed by atoms with E-state index >= 15 is 0 Å². The molecule has 0 saturated heterocycles. The van der Waals surface area contributed by atoms with Gasteiger partial charge >= 0.3 is 0 Å². The van der Waals surface area contributed by atoms with Crippen LogP contribution in [0.15, 0.2) is 27.6 Å². The van der Waals surface area contributed by atoms with Gasteiger partial charge in [-0.15, -0.1) is 0 Å². The Morgan fingerprint density at radius 1 is 1.40 bits per heavy atom. The minimum atomic E-state index is -1.45. The Balaban J connectivity index is 2.68. The maximum Gasteiger partial charge on any atom is 0.235 e. The summed E-state index contributed by atoms with van der Waals surface area (Å²) in [5.74, 6) is 0.324. The minimum absolute atomic E-state index is 0.202. The molecule has 1 rings (SSSR count). The third-order valence-corrected chi connectivity index (χ3v) is 5.05. The van der Waals surface area contributed by atoms with Crippen molar-refractivity contribution in [3.8, 4) is 0 Å². The van der Waals surface area contributed by atoms with Gasteiger partial charge in [0.25, 0.3) is 0 Å². The maximum atomic E-state index is 12.4. The molecule has 3 N–H and O–H groups in total. The summed E-state index contributed by atoms with van der Waals surface area (Å²) in [5.41, 5.74) is 6.28. The van der Waals surface area contributed by atoms with Crippen molar-refractivity contribution in [2.75, 3.05) is 12.3 Å². The lowest BCUT2D eigenvalue weighted by molar-refractivity contribution is -0.120. The van der Waals surface area contributed by atoms with E-state index in [0.717, 1.165) is 10.9 Å². The second-order valence-corrected chi connectivity index (χ2v) is 7.75. The van der Waals surface area contributed by atoms with E-state index in [0.29, 0.717) is 23.0 Å². The van der Waals surface area contributed by atoms with Crippen molar-refractivity contribution in [2.24, 2.45) is 5.92 Å². The van der Waals surface area contributed by atoms with Gasteiger partial charge in [0, 0.05) is 16.7 Å². The first-order valence-corrected chi connectivity index (χ1v) is 8.56. The Labute approximate surface area is 131 Å². The smallest absolute Gasteiger partial charge is 0.235 e. The lowest BCUT2D eigenvalue weighted by atomic mass is 10.1. The Kier molecular flexibility index (Phi) is 6.68. The molecule has 20 heavy (non-hydrogen) atoms. The number of halogens is 1. The topological polar surface area (TPSA) is 72.2 Å². The van der Waals surface area contributed by atoms with Crippen molar-refractivity contribution in [3.05, 3.63) is 22.7 Å². The van der Waals surface area contributed by atoms with Crippen LogP contribution in [0.25, 0.3) is 0 Å². The summed E-state index contributed by atoms with van der Waals surface area (Å²) in [6.07, 6.45) is 0.908. The van der Waals surface area contributed by atoms with Gasteiger partial charge < -0.3 is 11.1 Å². The van der Waals surface area contributed by atoms with Crippen molar-refractivity contribution in [1.82, 2.24) is 5.32 Å². The second kappa shape index (κ2) is 7.78. The zero-order chi connectivity index (χ0) is 15.3. The summed E-state index contributed by atoms with van der Waals surface area (Å²) in [6, 6.07) is 5.15. The van der Waals surface area contributed by atoms with E-state index < -0.39 is 16.0 Å². The molecule has 1 aromatic carbocycles. The number of rotatable bonds is 6. The molecule has 112 valence electrons. The molecule has 2 atom stereocenters. The number of nitrogen functional groups attached to an aromatic ring is 1. The fourth-order valence-electron chi connectivity index (χ4n) is 1.62. The Bertz CT molecular complexity index is 506. The second-order valence-electron chi connectivity index (χ2n) is 5.10. The summed E-state index contributed by atoms with van der Waals surface area (Å²) in [4.78, 5) is 12.5. The SMILES string of the molecule is CC(C)CCNC(=O)C(C)S(=O)c1ccc(Br)cc1N. The molecule has 4 nitrogen and oxygen atoms in total. The number of hydrogen-bond acceptors (Lipinski definition) is 3. The number of nitrogens with one attached hydrogen (secondary N) is 1. The van der Waals surface area contributed by atoms with Gasteiger partial charge in [-0.2, -0.15) is 0 Å². The normalized spacial score (nSPS) is 14.1. The van der Waals surface area contributed by atoms with Crippen LogP contribution in [-0.4, -0.2) is 21.9 Å². The van der Waals surface area contributed by atoms with Gasteiger partial charge in [-0.3, -0.25) is 9.00 Å². The average Bonchev–Trinajstić information content (AvgIpc) is 2.36. The van der Waals surface area contributed by atoms with E-state index in [1.54, 1.807) is 25.1 Å². The van der Waals surface area contributed by atoms with Gasteiger partial charge in [0.15, 0.2) is 0 Å². The van der Waals surface area contributed by atoms with Crippen molar-refractivity contribution >= 4 is 38.3 Å². The lowest BCUT2D eigenvalue weighted by Gasteiger charge is -2.14. The first-order chi connectivity index (χ1) is 9.32. The predicted octanol–water partition coefficient (Wildman–Crippen LogP) is 2.69. The Morgan fingerprint density at radius 2 is 2.05 bits per heavy atom. The van der Waals surface area contributed by atoms with Gasteiger partial charge in [0.1, 0.15) is 5.25 Å². The van der Waals surface area contributed by atoms with E-state index in [2.05, 4.69) is 35.1 Å². The van der Waals surface area contributed by atoms with Gasteiger partial charge in [-0.25, -0.2) is 0 Å².